The molecule has 1 heterocycles. The molecule has 1 amide bonds. The number of amides is 1. The minimum Gasteiger partial charge on any atom is -0.447 e. The lowest BCUT2D eigenvalue weighted by molar-refractivity contribution is 0.156. The van der Waals surface area contributed by atoms with Crippen molar-refractivity contribution in [2.75, 3.05) is 6.61 Å². The molecule has 0 N–H and O–H groups in total. The molecule has 20 heavy (non-hydrogen) atoms. The van der Waals surface area contributed by atoms with Crippen molar-refractivity contribution < 1.29 is 9.53 Å². The van der Waals surface area contributed by atoms with Gasteiger partial charge in [-0.3, -0.25) is 4.90 Å². The van der Waals surface area contributed by atoms with Crippen LogP contribution in [0.1, 0.15) is 11.1 Å². The van der Waals surface area contributed by atoms with Crippen LogP contribution in [0, 0.1) is 0 Å². The third kappa shape index (κ3) is 2.82. The van der Waals surface area contributed by atoms with Gasteiger partial charge in [0.2, 0.25) is 0 Å². The molecule has 1 aliphatic heterocycles. The maximum atomic E-state index is 11.9. The van der Waals surface area contributed by atoms with E-state index in [9.17, 15) is 4.79 Å². The summed E-state index contributed by atoms with van der Waals surface area (Å²) in [6.07, 6.45) is 0.620. The summed E-state index contributed by atoms with van der Waals surface area (Å²) in [6.45, 7) is 1.08. The Bertz CT molecular complexity index is 568. The first-order valence-electron chi connectivity index (χ1n) is 6.84. The van der Waals surface area contributed by atoms with Crippen LogP contribution in [-0.2, 0) is 17.7 Å². The number of hydrogen-bond donors (Lipinski definition) is 0. The second-order valence-electron chi connectivity index (χ2n) is 5.03. The molecule has 1 aliphatic rings. The molecule has 1 fully saturated rings. The van der Waals surface area contributed by atoms with Crippen molar-refractivity contribution in [2.45, 2.75) is 19.0 Å². The van der Waals surface area contributed by atoms with Gasteiger partial charge < -0.3 is 4.74 Å². The number of benzene rings is 2. The normalized spacial score (nSPS) is 18.1. The Labute approximate surface area is 118 Å². The van der Waals surface area contributed by atoms with E-state index in [1.54, 1.807) is 0 Å². The highest BCUT2D eigenvalue weighted by Gasteiger charge is 2.32. The van der Waals surface area contributed by atoms with Crippen LogP contribution in [0.3, 0.4) is 0 Å². The molecule has 1 unspecified atom stereocenters. The Hall–Kier alpha value is -2.29. The molecule has 0 bridgehead atoms. The van der Waals surface area contributed by atoms with Crippen molar-refractivity contribution in [1.82, 2.24) is 4.90 Å². The molecule has 3 heteroatoms. The molecular weight excluding hydrogens is 250 g/mol. The van der Waals surface area contributed by atoms with E-state index >= 15 is 0 Å². The van der Waals surface area contributed by atoms with Gasteiger partial charge in [0.25, 0.3) is 0 Å². The number of carbonyl (C=O) groups is 1. The Morgan fingerprint density at radius 2 is 1.55 bits per heavy atom. The van der Waals surface area contributed by atoms with Gasteiger partial charge in [-0.25, -0.2) is 4.79 Å². The lowest BCUT2D eigenvalue weighted by Gasteiger charge is -2.21. The Morgan fingerprint density at radius 3 is 2.20 bits per heavy atom. The monoisotopic (exact) mass is 267 g/mol. The highest BCUT2D eigenvalue weighted by atomic mass is 16.6. The van der Waals surface area contributed by atoms with Gasteiger partial charge in [-0.2, -0.15) is 0 Å². The molecule has 2 aromatic rings. The molecule has 0 aliphatic carbocycles. The van der Waals surface area contributed by atoms with Crippen LogP contribution in [0.2, 0.25) is 0 Å². The SMILES string of the molecule is O=C1OCC(Cc2ccccc2)N1Cc1ccccc1. The Kier molecular flexibility index (Phi) is 3.68. The number of rotatable bonds is 4. The molecule has 3 rings (SSSR count). The lowest BCUT2D eigenvalue weighted by Crippen LogP contribution is -2.34. The van der Waals surface area contributed by atoms with Crippen LogP contribution in [-0.4, -0.2) is 23.6 Å². The number of ether oxygens (including phenoxy) is 1. The molecule has 1 atom stereocenters. The standard InChI is InChI=1S/C17H17NO2/c19-17-18(12-15-9-5-2-6-10-15)16(13-20-17)11-14-7-3-1-4-8-14/h1-10,16H,11-13H2. The van der Waals surface area contributed by atoms with E-state index in [1.807, 2.05) is 53.4 Å². The van der Waals surface area contributed by atoms with Gasteiger partial charge in [0, 0.05) is 6.54 Å². The average molecular weight is 267 g/mol. The molecule has 0 radical (unpaired) electrons. The molecule has 102 valence electrons. The summed E-state index contributed by atoms with van der Waals surface area (Å²) < 4.78 is 5.21. The van der Waals surface area contributed by atoms with Crippen LogP contribution in [0.5, 0.6) is 0 Å². The number of nitrogens with zero attached hydrogens (tertiary/aromatic N) is 1. The van der Waals surface area contributed by atoms with E-state index in [0.717, 1.165) is 12.0 Å². The number of cyclic esters (lactones) is 1. The van der Waals surface area contributed by atoms with Crippen LogP contribution in [0.25, 0.3) is 0 Å². The van der Waals surface area contributed by atoms with E-state index < -0.39 is 0 Å². The van der Waals surface area contributed by atoms with Gasteiger partial charge in [-0.15, -0.1) is 0 Å². The van der Waals surface area contributed by atoms with Crippen LogP contribution in [0.15, 0.2) is 60.7 Å². The van der Waals surface area contributed by atoms with E-state index in [2.05, 4.69) is 12.1 Å². The summed E-state index contributed by atoms with van der Waals surface area (Å²) in [7, 11) is 0. The third-order valence-electron chi connectivity index (χ3n) is 3.58. The number of hydrogen-bond acceptors (Lipinski definition) is 2. The van der Waals surface area contributed by atoms with Gasteiger partial charge >= 0.3 is 6.09 Å². The van der Waals surface area contributed by atoms with Gasteiger partial charge in [-0.1, -0.05) is 60.7 Å². The zero-order valence-electron chi connectivity index (χ0n) is 11.2. The summed E-state index contributed by atoms with van der Waals surface area (Å²) in [5, 5.41) is 0. The van der Waals surface area contributed by atoms with Crippen molar-refractivity contribution in [3.8, 4) is 0 Å². The highest BCUT2D eigenvalue weighted by Crippen LogP contribution is 2.19. The third-order valence-corrected chi connectivity index (χ3v) is 3.58. The van der Waals surface area contributed by atoms with E-state index in [-0.39, 0.29) is 12.1 Å². The largest absolute Gasteiger partial charge is 0.447 e. The fraction of sp³-hybridized carbons (Fsp3) is 0.235. The van der Waals surface area contributed by atoms with E-state index in [0.29, 0.717) is 13.2 Å². The maximum absolute atomic E-state index is 11.9. The molecule has 0 saturated carbocycles. The first-order valence-corrected chi connectivity index (χ1v) is 6.84. The summed E-state index contributed by atoms with van der Waals surface area (Å²) in [5.41, 5.74) is 2.36. The zero-order chi connectivity index (χ0) is 13.8. The van der Waals surface area contributed by atoms with Gasteiger partial charge in [0.15, 0.2) is 0 Å². The fourth-order valence-corrected chi connectivity index (χ4v) is 2.52. The Balaban J connectivity index is 1.72. The van der Waals surface area contributed by atoms with Crippen molar-refractivity contribution in [3.05, 3.63) is 71.8 Å². The summed E-state index contributed by atoms with van der Waals surface area (Å²) in [5.74, 6) is 0. The van der Waals surface area contributed by atoms with Gasteiger partial charge in [-0.05, 0) is 17.5 Å². The van der Waals surface area contributed by atoms with Crippen LogP contribution < -0.4 is 0 Å². The highest BCUT2D eigenvalue weighted by molar-refractivity contribution is 5.70. The summed E-state index contributed by atoms with van der Waals surface area (Å²) in [4.78, 5) is 13.7. The molecule has 2 aromatic carbocycles. The van der Waals surface area contributed by atoms with Crippen LogP contribution >= 0.6 is 0 Å². The molecular formula is C17H17NO2. The van der Waals surface area contributed by atoms with Gasteiger partial charge in [0.1, 0.15) is 6.61 Å². The molecule has 1 saturated heterocycles. The minimum atomic E-state index is -0.213. The predicted molar refractivity (Wildman–Crippen MR) is 77.3 cm³/mol. The molecule has 0 spiro atoms. The van der Waals surface area contributed by atoms with Crippen molar-refractivity contribution >= 4 is 6.09 Å². The quantitative estimate of drug-likeness (QED) is 0.851. The fourth-order valence-electron chi connectivity index (χ4n) is 2.52. The molecule has 0 aromatic heterocycles. The predicted octanol–water partition coefficient (Wildman–Crippen LogP) is 3.25. The van der Waals surface area contributed by atoms with E-state index in [1.165, 1.54) is 5.56 Å². The second kappa shape index (κ2) is 5.78. The van der Waals surface area contributed by atoms with E-state index in [4.69, 9.17) is 4.74 Å². The lowest BCUT2D eigenvalue weighted by atomic mass is 10.1. The zero-order valence-corrected chi connectivity index (χ0v) is 11.2. The smallest absolute Gasteiger partial charge is 0.410 e. The van der Waals surface area contributed by atoms with Crippen molar-refractivity contribution in [3.63, 3.8) is 0 Å². The topological polar surface area (TPSA) is 29.5 Å². The second-order valence-corrected chi connectivity index (χ2v) is 5.03. The average Bonchev–Trinajstić information content (AvgIpc) is 2.83. The summed E-state index contributed by atoms with van der Waals surface area (Å²) >= 11 is 0. The van der Waals surface area contributed by atoms with Crippen molar-refractivity contribution in [1.29, 1.82) is 0 Å². The van der Waals surface area contributed by atoms with Gasteiger partial charge in [0.05, 0.1) is 6.04 Å². The summed E-state index contributed by atoms with van der Waals surface area (Å²) in [6, 6.07) is 20.4. The van der Waals surface area contributed by atoms with Crippen LogP contribution in [0.4, 0.5) is 4.79 Å². The Morgan fingerprint density at radius 1 is 0.950 bits per heavy atom. The number of carbonyl (C=O) groups excluding carboxylic acids is 1. The maximum Gasteiger partial charge on any atom is 0.410 e. The first kappa shape index (κ1) is 12.7. The molecule has 3 nitrogen and oxygen atoms in total. The minimum absolute atomic E-state index is 0.116. The first-order chi connectivity index (χ1) is 9.83. The van der Waals surface area contributed by atoms with Crippen molar-refractivity contribution in [2.24, 2.45) is 0 Å².